The van der Waals surface area contributed by atoms with Crippen molar-refractivity contribution in [2.45, 2.75) is 77.6 Å². The Labute approximate surface area is 331 Å². The second-order valence-corrected chi connectivity index (χ2v) is 22.0. The maximum atomic E-state index is 14.3. The van der Waals surface area contributed by atoms with Crippen LogP contribution >= 0.6 is 0 Å². The summed E-state index contributed by atoms with van der Waals surface area (Å²) in [6, 6.07) is 25.1. The molecule has 3 heterocycles. The molecule has 2 N–H and O–H groups in total. The Bertz CT molecular complexity index is 2150. The molecule has 7 rings (SSSR count). The number of ether oxygens (including phenoxy) is 2. The molecule has 56 heavy (non-hydrogen) atoms. The molecule has 2 aliphatic rings. The maximum Gasteiger partial charge on any atom is 0.270 e. The molecule has 2 atom stereocenters. The van der Waals surface area contributed by atoms with Gasteiger partial charge in [0.25, 0.3) is 5.91 Å². The van der Waals surface area contributed by atoms with Gasteiger partial charge in [0.2, 0.25) is 5.91 Å². The summed E-state index contributed by atoms with van der Waals surface area (Å²) in [4.78, 5) is 30.4. The molecule has 0 spiro atoms. The lowest BCUT2D eigenvalue weighted by Crippen LogP contribution is -2.47. The van der Waals surface area contributed by atoms with Crippen LogP contribution in [-0.4, -0.2) is 83.3 Å². The molecule has 12 heteroatoms. The lowest BCUT2D eigenvalue weighted by molar-refractivity contribution is -0.118. The fraction of sp³-hybridized carbons (Fsp3) is 0.409. The molecular formula is C44H55N7O4Si. The molecule has 2 amide bonds. The van der Waals surface area contributed by atoms with Gasteiger partial charge in [0.15, 0.2) is 0 Å². The first-order valence-electron chi connectivity index (χ1n) is 19.8. The number of nitrogens with one attached hydrogen (secondary N) is 2. The first-order chi connectivity index (χ1) is 26.9. The Hall–Kier alpha value is -4.88. The molecule has 294 valence electrons. The Morgan fingerprint density at radius 2 is 1.66 bits per heavy atom. The number of carbonyl (C=O) groups excluding carboxylic acids is 2. The average Bonchev–Trinajstić information content (AvgIpc) is 3.89. The van der Waals surface area contributed by atoms with Crippen LogP contribution in [0.25, 0.3) is 22.3 Å². The van der Waals surface area contributed by atoms with Gasteiger partial charge in [-0.15, -0.1) is 0 Å². The van der Waals surface area contributed by atoms with Gasteiger partial charge in [-0.1, -0.05) is 74.2 Å². The summed E-state index contributed by atoms with van der Waals surface area (Å²) in [5.74, 6) is -0.820. The summed E-state index contributed by atoms with van der Waals surface area (Å²) in [6.45, 7) is 16.6. The van der Waals surface area contributed by atoms with Crippen molar-refractivity contribution in [2.24, 2.45) is 7.05 Å². The van der Waals surface area contributed by atoms with Crippen molar-refractivity contribution in [2.75, 3.05) is 38.2 Å². The van der Waals surface area contributed by atoms with Crippen molar-refractivity contribution in [3.63, 3.8) is 0 Å². The number of morpholine rings is 1. The highest BCUT2D eigenvalue weighted by atomic mass is 28.3. The van der Waals surface area contributed by atoms with Crippen LogP contribution in [0.1, 0.15) is 50.9 Å². The van der Waals surface area contributed by atoms with Crippen LogP contribution < -0.4 is 10.6 Å². The minimum atomic E-state index is -1.17. The predicted octanol–water partition coefficient (Wildman–Crippen LogP) is 7.18. The number of anilines is 1. The van der Waals surface area contributed by atoms with E-state index >= 15 is 0 Å². The highest BCUT2D eigenvalue weighted by Gasteiger charge is 2.36. The molecule has 0 saturated carbocycles. The standard InChI is InChI=1S/C44H55N7O4Si/c1-30-41(31(2)51(48-30)29-55-25-26-56(4,5)6)35-13-16-37(17-14-35)46-44(53)42(47-43(52)40-19-20-45-49(40)3)38-18-15-34-11-12-36(27-39(34)38)33-9-7-32(8-10-33)28-50-21-23-54-24-22-50/h7-14,16-17,19-20,27,38,42H,15,18,21-26,28-29H2,1-6H3,(H,46,53)(H,47,52)/t38-,42+/m1/s1. The molecule has 1 aliphatic heterocycles. The van der Waals surface area contributed by atoms with Crippen molar-refractivity contribution in [3.05, 3.63) is 113 Å². The second-order valence-electron chi connectivity index (χ2n) is 16.4. The first-order valence-corrected chi connectivity index (χ1v) is 23.5. The lowest BCUT2D eigenvalue weighted by atomic mass is 9.90. The van der Waals surface area contributed by atoms with Crippen molar-refractivity contribution >= 4 is 25.6 Å². The van der Waals surface area contributed by atoms with Crippen LogP contribution in [0.2, 0.25) is 25.7 Å². The molecule has 11 nitrogen and oxygen atoms in total. The molecule has 1 aliphatic carbocycles. The number of nitrogens with zero attached hydrogens (tertiary/aromatic N) is 5. The molecule has 2 aromatic heterocycles. The Kier molecular flexibility index (Phi) is 12.0. The molecule has 5 aromatic rings. The zero-order chi connectivity index (χ0) is 39.4. The maximum absolute atomic E-state index is 14.3. The fourth-order valence-electron chi connectivity index (χ4n) is 7.85. The van der Waals surface area contributed by atoms with Crippen molar-refractivity contribution < 1.29 is 19.1 Å². The summed E-state index contributed by atoms with van der Waals surface area (Å²) in [7, 11) is 0.552. The van der Waals surface area contributed by atoms with Crippen LogP contribution in [0.15, 0.2) is 79.0 Å². The van der Waals surface area contributed by atoms with E-state index in [1.54, 1.807) is 19.3 Å². The molecule has 1 fully saturated rings. The van der Waals surface area contributed by atoms with Crippen molar-refractivity contribution in [1.29, 1.82) is 0 Å². The molecule has 0 bridgehead atoms. The van der Waals surface area contributed by atoms with Gasteiger partial charge in [-0.25, -0.2) is 4.68 Å². The van der Waals surface area contributed by atoms with E-state index in [0.29, 0.717) is 18.1 Å². The Balaban J connectivity index is 1.09. The number of fused-ring (bicyclic) bond motifs is 1. The monoisotopic (exact) mass is 773 g/mol. The molecule has 0 unspecified atom stereocenters. The quantitative estimate of drug-likeness (QED) is 0.0908. The van der Waals surface area contributed by atoms with E-state index in [1.807, 2.05) is 35.9 Å². The SMILES string of the molecule is Cc1nn(COCC[Si](C)(C)C)c(C)c1-c1ccc(NC(=O)[C@@H](NC(=O)c2ccnn2C)[C@@H]2CCc3ccc(-c4ccc(CN5CCOCC5)cc4)cc32)cc1. The van der Waals surface area contributed by atoms with Gasteiger partial charge >= 0.3 is 0 Å². The first kappa shape index (κ1) is 39.4. The van der Waals surface area contributed by atoms with E-state index in [4.69, 9.17) is 14.6 Å². The summed E-state index contributed by atoms with van der Waals surface area (Å²) in [6.07, 6.45) is 3.16. The van der Waals surface area contributed by atoms with Crippen molar-refractivity contribution in [1.82, 2.24) is 29.8 Å². The number of amides is 2. The normalized spacial score (nSPS) is 16.4. The third-order valence-corrected chi connectivity index (χ3v) is 12.8. The van der Waals surface area contributed by atoms with Crippen LogP contribution in [0.3, 0.4) is 0 Å². The van der Waals surface area contributed by atoms with Crippen LogP contribution in [0.4, 0.5) is 5.69 Å². The van der Waals surface area contributed by atoms with Gasteiger partial charge in [-0.3, -0.25) is 19.2 Å². The van der Waals surface area contributed by atoms with E-state index in [0.717, 1.165) is 97.5 Å². The van der Waals surface area contributed by atoms with E-state index in [-0.39, 0.29) is 17.7 Å². The minimum Gasteiger partial charge on any atom is -0.379 e. The highest BCUT2D eigenvalue weighted by Crippen LogP contribution is 2.39. The van der Waals surface area contributed by atoms with Crippen LogP contribution in [0.5, 0.6) is 0 Å². The predicted molar refractivity (Wildman–Crippen MR) is 223 cm³/mol. The smallest absolute Gasteiger partial charge is 0.270 e. The lowest BCUT2D eigenvalue weighted by Gasteiger charge is -2.26. The van der Waals surface area contributed by atoms with Crippen LogP contribution in [-0.2, 0) is 41.0 Å². The second kappa shape index (κ2) is 17.1. The van der Waals surface area contributed by atoms with Gasteiger partial charge in [0, 0.05) is 70.4 Å². The number of hydrogen-bond donors (Lipinski definition) is 2. The molecule has 0 radical (unpaired) electrons. The average molecular weight is 774 g/mol. The van der Waals surface area contributed by atoms with Gasteiger partial charge in [-0.2, -0.15) is 10.2 Å². The largest absolute Gasteiger partial charge is 0.379 e. The van der Waals surface area contributed by atoms with Gasteiger partial charge < -0.3 is 20.1 Å². The number of hydrogen-bond acceptors (Lipinski definition) is 7. The highest BCUT2D eigenvalue weighted by molar-refractivity contribution is 6.76. The number of carbonyl (C=O) groups is 2. The number of aryl methyl sites for hydroxylation is 3. The van der Waals surface area contributed by atoms with Gasteiger partial charge in [0.05, 0.1) is 18.9 Å². The Morgan fingerprint density at radius 3 is 2.36 bits per heavy atom. The zero-order valence-electron chi connectivity index (χ0n) is 33.6. The summed E-state index contributed by atoms with van der Waals surface area (Å²) in [5, 5.41) is 15.2. The third-order valence-electron chi connectivity index (χ3n) is 11.1. The van der Waals surface area contributed by atoms with E-state index < -0.39 is 14.1 Å². The zero-order valence-corrected chi connectivity index (χ0v) is 34.6. The summed E-state index contributed by atoms with van der Waals surface area (Å²) < 4.78 is 15.0. The van der Waals surface area contributed by atoms with Crippen molar-refractivity contribution in [3.8, 4) is 22.3 Å². The topological polar surface area (TPSA) is 116 Å². The summed E-state index contributed by atoms with van der Waals surface area (Å²) >= 11 is 0. The number of benzene rings is 3. The minimum absolute atomic E-state index is 0.217. The fourth-order valence-corrected chi connectivity index (χ4v) is 8.61. The number of aromatic nitrogens is 4. The van der Waals surface area contributed by atoms with Gasteiger partial charge in [0.1, 0.15) is 18.5 Å². The summed E-state index contributed by atoms with van der Waals surface area (Å²) in [5.41, 5.74) is 10.9. The van der Waals surface area contributed by atoms with E-state index in [1.165, 1.54) is 15.8 Å². The van der Waals surface area contributed by atoms with E-state index in [9.17, 15) is 9.59 Å². The third kappa shape index (κ3) is 9.21. The molecule has 1 saturated heterocycles. The molecular weight excluding hydrogens is 719 g/mol. The Morgan fingerprint density at radius 1 is 0.946 bits per heavy atom. The van der Waals surface area contributed by atoms with E-state index in [2.05, 4.69) is 89.7 Å². The van der Waals surface area contributed by atoms with Crippen LogP contribution in [0, 0.1) is 13.8 Å². The number of rotatable bonds is 14. The van der Waals surface area contributed by atoms with Gasteiger partial charge in [-0.05, 0) is 84.3 Å². The molecule has 3 aromatic carbocycles.